The Kier molecular flexibility index (Phi) is 5.83. The highest BCUT2D eigenvalue weighted by atomic mass is 32.1. The van der Waals surface area contributed by atoms with Gasteiger partial charge in [-0.25, -0.2) is 4.99 Å². The average Bonchev–Trinajstić information content (AvgIpc) is 3.02. The molecule has 1 heterocycles. The first-order chi connectivity index (χ1) is 10.6. The van der Waals surface area contributed by atoms with Gasteiger partial charge in [-0.15, -0.1) is 11.3 Å². The fourth-order valence-corrected chi connectivity index (χ4v) is 2.87. The minimum Gasteiger partial charge on any atom is -0.497 e. The van der Waals surface area contributed by atoms with E-state index in [1.807, 2.05) is 12.1 Å². The van der Waals surface area contributed by atoms with Crippen molar-refractivity contribution >= 4 is 17.3 Å². The molecule has 4 nitrogen and oxygen atoms in total. The number of hydrogen-bond donors (Lipinski definition) is 2. The highest BCUT2D eigenvalue weighted by Crippen LogP contribution is 2.29. The quantitative estimate of drug-likeness (QED) is 0.632. The molecule has 0 spiro atoms. The molecule has 118 valence electrons. The van der Waals surface area contributed by atoms with E-state index in [4.69, 9.17) is 10.5 Å². The average molecular weight is 317 g/mol. The summed E-state index contributed by atoms with van der Waals surface area (Å²) in [7, 11) is 1.67. The number of hydrogen-bond acceptors (Lipinski definition) is 3. The standard InChI is InChI=1S/C17H23N3OS/c1-4-12(2)20-17(18)19-11-15-9-10-16(22-15)13-5-7-14(21-3)8-6-13/h5-10,12H,4,11H2,1-3H3,(H3,18,19,20). The first-order valence-corrected chi connectivity index (χ1v) is 8.23. The number of benzene rings is 1. The Labute approximate surface area is 136 Å². The van der Waals surface area contributed by atoms with Gasteiger partial charge in [0.25, 0.3) is 0 Å². The lowest BCUT2D eigenvalue weighted by Gasteiger charge is -2.11. The lowest BCUT2D eigenvalue weighted by molar-refractivity contribution is 0.415. The third kappa shape index (κ3) is 4.49. The minimum atomic E-state index is 0.349. The van der Waals surface area contributed by atoms with Crippen LogP contribution in [0.1, 0.15) is 25.1 Å². The molecule has 0 amide bonds. The van der Waals surface area contributed by atoms with Crippen LogP contribution >= 0.6 is 11.3 Å². The van der Waals surface area contributed by atoms with E-state index in [1.54, 1.807) is 18.4 Å². The zero-order valence-electron chi connectivity index (χ0n) is 13.3. The Morgan fingerprint density at radius 3 is 2.64 bits per heavy atom. The molecule has 0 bridgehead atoms. The summed E-state index contributed by atoms with van der Waals surface area (Å²) in [5.74, 6) is 1.38. The van der Waals surface area contributed by atoms with Crippen molar-refractivity contribution in [1.82, 2.24) is 5.32 Å². The van der Waals surface area contributed by atoms with Crippen LogP contribution in [0.15, 0.2) is 41.4 Å². The van der Waals surface area contributed by atoms with Gasteiger partial charge in [-0.3, -0.25) is 0 Å². The normalized spacial score (nSPS) is 13.0. The van der Waals surface area contributed by atoms with Gasteiger partial charge in [-0.1, -0.05) is 6.92 Å². The van der Waals surface area contributed by atoms with Gasteiger partial charge in [0.2, 0.25) is 0 Å². The highest BCUT2D eigenvalue weighted by Gasteiger charge is 2.04. The maximum absolute atomic E-state index is 5.88. The molecule has 0 radical (unpaired) electrons. The number of nitrogens with zero attached hydrogens (tertiary/aromatic N) is 1. The number of ether oxygens (including phenoxy) is 1. The largest absolute Gasteiger partial charge is 0.497 e. The van der Waals surface area contributed by atoms with Crippen LogP contribution in [0.4, 0.5) is 0 Å². The second kappa shape index (κ2) is 7.84. The van der Waals surface area contributed by atoms with E-state index in [0.717, 1.165) is 12.2 Å². The van der Waals surface area contributed by atoms with E-state index in [1.165, 1.54) is 15.3 Å². The van der Waals surface area contributed by atoms with Gasteiger partial charge in [0.05, 0.1) is 13.7 Å². The fraction of sp³-hybridized carbons (Fsp3) is 0.353. The van der Waals surface area contributed by atoms with E-state index in [9.17, 15) is 0 Å². The van der Waals surface area contributed by atoms with Crippen molar-refractivity contribution < 1.29 is 4.74 Å². The molecule has 0 saturated carbocycles. The van der Waals surface area contributed by atoms with Crippen molar-refractivity contribution in [1.29, 1.82) is 0 Å². The highest BCUT2D eigenvalue weighted by molar-refractivity contribution is 7.15. The van der Waals surface area contributed by atoms with Gasteiger partial charge >= 0.3 is 0 Å². The van der Waals surface area contributed by atoms with Crippen molar-refractivity contribution in [2.45, 2.75) is 32.9 Å². The maximum atomic E-state index is 5.88. The smallest absolute Gasteiger partial charge is 0.189 e. The van der Waals surface area contributed by atoms with Crippen molar-refractivity contribution in [2.24, 2.45) is 10.7 Å². The van der Waals surface area contributed by atoms with E-state index < -0.39 is 0 Å². The lowest BCUT2D eigenvalue weighted by Crippen LogP contribution is -2.37. The van der Waals surface area contributed by atoms with Crippen LogP contribution in [0.3, 0.4) is 0 Å². The number of rotatable bonds is 6. The predicted octanol–water partition coefficient (Wildman–Crippen LogP) is 3.63. The van der Waals surface area contributed by atoms with Crippen LogP contribution in [-0.2, 0) is 6.54 Å². The minimum absolute atomic E-state index is 0.349. The van der Waals surface area contributed by atoms with Crippen molar-refractivity contribution in [2.75, 3.05) is 7.11 Å². The summed E-state index contributed by atoms with van der Waals surface area (Å²) < 4.78 is 5.18. The fourth-order valence-electron chi connectivity index (χ4n) is 1.94. The molecule has 0 aliphatic carbocycles. The molecular weight excluding hydrogens is 294 g/mol. The topological polar surface area (TPSA) is 59.6 Å². The SMILES string of the molecule is CCC(C)NC(N)=NCc1ccc(-c2ccc(OC)cc2)s1. The molecule has 1 atom stereocenters. The van der Waals surface area contributed by atoms with Gasteiger partial charge in [0, 0.05) is 15.8 Å². The Balaban J connectivity index is 2.00. The first kappa shape index (κ1) is 16.4. The van der Waals surface area contributed by atoms with Crippen molar-refractivity contribution in [3.63, 3.8) is 0 Å². The Bertz CT molecular complexity index is 619. The number of nitrogens with one attached hydrogen (secondary N) is 1. The second-order valence-corrected chi connectivity index (χ2v) is 6.32. The first-order valence-electron chi connectivity index (χ1n) is 7.42. The summed E-state index contributed by atoms with van der Waals surface area (Å²) in [5, 5.41) is 3.17. The molecule has 0 fully saturated rings. The summed E-state index contributed by atoms with van der Waals surface area (Å²) in [6.45, 7) is 4.82. The van der Waals surface area contributed by atoms with Crippen LogP contribution in [0.2, 0.25) is 0 Å². The molecule has 2 rings (SSSR count). The molecule has 0 saturated heterocycles. The Morgan fingerprint density at radius 2 is 2.00 bits per heavy atom. The molecule has 0 aliphatic heterocycles. The van der Waals surface area contributed by atoms with Crippen molar-refractivity contribution in [3.05, 3.63) is 41.3 Å². The molecular formula is C17H23N3OS. The zero-order chi connectivity index (χ0) is 15.9. The van der Waals surface area contributed by atoms with E-state index in [2.05, 4.69) is 48.4 Å². The van der Waals surface area contributed by atoms with Gasteiger partial charge in [-0.2, -0.15) is 0 Å². The summed E-state index contributed by atoms with van der Waals surface area (Å²) in [5.41, 5.74) is 7.06. The molecule has 0 aliphatic rings. The van der Waals surface area contributed by atoms with Gasteiger partial charge in [0.1, 0.15) is 5.75 Å². The van der Waals surface area contributed by atoms with Crippen molar-refractivity contribution in [3.8, 4) is 16.2 Å². The number of aliphatic imine (C=N–C) groups is 1. The third-order valence-electron chi connectivity index (χ3n) is 3.45. The maximum Gasteiger partial charge on any atom is 0.189 e. The number of guanidine groups is 1. The lowest BCUT2D eigenvalue weighted by atomic mass is 10.2. The third-order valence-corrected chi connectivity index (χ3v) is 4.57. The van der Waals surface area contributed by atoms with Crippen LogP contribution in [-0.4, -0.2) is 19.1 Å². The molecule has 2 aromatic rings. The Morgan fingerprint density at radius 1 is 1.27 bits per heavy atom. The van der Waals surface area contributed by atoms with Crippen LogP contribution < -0.4 is 15.8 Å². The molecule has 22 heavy (non-hydrogen) atoms. The number of thiophene rings is 1. The second-order valence-electron chi connectivity index (χ2n) is 5.15. The monoisotopic (exact) mass is 317 g/mol. The molecule has 5 heteroatoms. The van der Waals surface area contributed by atoms with Crippen LogP contribution in [0.5, 0.6) is 5.75 Å². The van der Waals surface area contributed by atoms with Crippen LogP contribution in [0.25, 0.3) is 10.4 Å². The van der Waals surface area contributed by atoms with Gasteiger partial charge in [-0.05, 0) is 55.3 Å². The number of nitrogens with two attached hydrogens (primary N) is 1. The van der Waals surface area contributed by atoms with E-state index in [0.29, 0.717) is 18.5 Å². The van der Waals surface area contributed by atoms with Crippen LogP contribution in [0, 0.1) is 0 Å². The van der Waals surface area contributed by atoms with E-state index >= 15 is 0 Å². The predicted molar refractivity (Wildman–Crippen MR) is 94.5 cm³/mol. The van der Waals surface area contributed by atoms with Gasteiger partial charge < -0.3 is 15.8 Å². The van der Waals surface area contributed by atoms with E-state index in [-0.39, 0.29) is 0 Å². The number of methoxy groups -OCH3 is 1. The van der Waals surface area contributed by atoms with Gasteiger partial charge in [0.15, 0.2) is 5.96 Å². The summed E-state index contributed by atoms with van der Waals surface area (Å²) in [6, 6.07) is 12.6. The summed E-state index contributed by atoms with van der Waals surface area (Å²) >= 11 is 1.73. The molecule has 3 N–H and O–H groups in total. The zero-order valence-corrected chi connectivity index (χ0v) is 14.1. The Hall–Kier alpha value is -2.01. The summed E-state index contributed by atoms with van der Waals surface area (Å²) in [4.78, 5) is 6.81. The molecule has 1 unspecified atom stereocenters. The molecule has 1 aromatic carbocycles. The molecule has 1 aromatic heterocycles. The summed E-state index contributed by atoms with van der Waals surface area (Å²) in [6.07, 6.45) is 1.02.